The number of hydrogen-bond acceptors (Lipinski definition) is 4. The van der Waals surface area contributed by atoms with Crippen molar-refractivity contribution in [2.45, 2.75) is 77.7 Å². The zero-order valence-corrected chi connectivity index (χ0v) is 15.4. The lowest BCUT2D eigenvalue weighted by Gasteiger charge is -2.06. The van der Waals surface area contributed by atoms with Gasteiger partial charge < -0.3 is 10.6 Å². The van der Waals surface area contributed by atoms with Crippen LogP contribution in [0, 0.1) is 0 Å². The van der Waals surface area contributed by atoms with Crippen LogP contribution in [0.15, 0.2) is 18.5 Å². The summed E-state index contributed by atoms with van der Waals surface area (Å²) in [6.45, 7) is 2.94. The van der Waals surface area contributed by atoms with Crippen LogP contribution in [-0.2, 0) is 16.1 Å². The molecule has 2 N–H and O–H groups in total. The molecule has 0 fully saturated rings. The summed E-state index contributed by atoms with van der Waals surface area (Å²) < 4.78 is 0. The van der Waals surface area contributed by atoms with Gasteiger partial charge >= 0.3 is 11.8 Å². The van der Waals surface area contributed by atoms with Gasteiger partial charge in [0, 0.05) is 18.9 Å². The van der Waals surface area contributed by atoms with Crippen molar-refractivity contribution < 1.29 is 9.59 Å². The highest BCUT2D eigenvalue weighted by Crippen LogP contribution is 2.10. The Morgan fingerprint density at radius 3 is 1.92 bits per heavy atom. The van der Waals surface area contributed by atoms with E-state index in [1.54, 1.807) is 18.5 Å². The van der Waals surface area contributed by atoms with Crippen molar-refractivity contribution in [2.24, 2.45) is 0 Å². The van der Waals surface area contributed by atoms with Crippen LogP contribution in [0.3, 0.4) is 0 Å². The fourth-order valence-corrected chi connectivity index (χ4v) is 2.56. The normalized spacial score (nSPS) is 10.4. The molecule has 1 aromatic rings. The first kappa shape index (κ1) is 21.1. The predicted molar refractivity (Wildman–Crippen MR) is 98.7 cm³/mol. The lowest BCUT2D eigenvalue weighted by molar-refractivity contribution is -0.139. The van der Waals surface area contributed by atoms with Gasteiger partial charge in [-0.2, -0.15) is 0 Å². The van der Waals surface area contributed by atoms with Crippen molar-refractivity contribution in [3.8, 4) is 0 Å². The van der Waals surface area contributed by atoms with Gasteiger partial charge in [-0.3, -0.25) is 9.59 Å². The molecule has 1 rings (SSSR count). The molecule has 140 valence electrons. The molecule has 1 heterocycles. The largest absolute Gasteiger partial charge is 0.348 e. The Kier molecular flexibility index (Phi) is 12.1. The van der Waals surface area contributed by atoms with Crippen LogP contribution in [0.5, 0.6) is 0 Å². The first-order valence-corrected chi connectivity index (χ1v) is 9.56. The molecule has 25 heavy (non-hydrogen) atoms. The summed E-state index contributed by atoms with van der Waals surface area (Å²) in [7, 11) is 0. The molecule has 6 heteroatoms. The molecule has 6 nitrogen and oxygen atoms in total. The van der Waals surface area contributed by atoms with Gasteiger partial charge in [-0.1, -0.05) is 64.7 Å². The van der Waals surface area contributed by atoms with Crippen LogP contribution in [0.25, 0.3) is 0 Å². The summed E-state index contributed by atoms with van der Waals surface area (Å²) in [6.07, 6.45) is 15.7. The number of rotatable bonds is 13. The van der Waals surface area contributed by atoms with E-state index in [2.05, 4.69) is 27.5 Å². The number of hydrogen-bond donors (Lipinski definition) is 2. The standard InChI is InChI=1S/C19H32N4O2/c1-2-3-4-5-6-7-8-9-10-11-13-22-18(24)19(25)23-16-17-20-14-12-15-21-17/h12,14-15H,2-11,13,16H2,1H3,(H,22,24)(H,23,25). The molecule has 0 aliphatic rings. The molecule has 0 aliphatic heterocycles. The fourth-order valence-electron chi connectivity index (χ4n) is 2.56. The summed E-state index contributed by atoms with van der Waals surface area (Å²) >= 11 is 0. The quantitative estimate of drug-likeness (QED) is 0.424. The van der Waals surface area contributed by atoms with Crippen molar-refractivity contribution in [1.82, 2.24) is 20.6 Å². The molecule has 1 aromatic heterocycles. The Morgan fingerprint density at radius 2 is 1.32 bits per heavy atom. The van der Waals surface area contributed by atoms with Gasteiger partial charge in [0.05, 0.1) is 6.54 Å². The second-order valence-corrected chi connectivity index (χ2v) is 6.29. The second kappa shape index (κ2) is 14.4. The number of nitrogens with one attached hydrogen (secondary N) is 2. The summed E-state index contributed by atoms with van der Waals surface area (Å²) in [5, 5.41) is 5.16. The molecule has 2 amide bonds. The average Bonchev–Trinajstić information content (AvgIpc) is 2.64. The van der Waals surface area contributed by atoms with Crippen molar-refractivity contribution in [3.63, 3.8) is 0 Å². The lowest BCUT2D eigenvalue weighted by Crippen LogP contribution is -2.40. The third-order valence-electron chi connectivity index (χ3n) is 4.05. The number of unbranched alkanes of at least 4 members (excludes halogenated alkanes) is 9. The van der Waals surface area contributed by atoms with E-state index < -0.39 is 11.8 Å². The molecule has 0 aromatic carbocycles. The molecule has 0 radical (unpaired) electrons. The van der Waals surface area contributed by atoms with Gasteiger partial charge in [0.2, 0.25) is 0 Å². The van der Waals surface area contributed by atoms with Crippen LogP contribution in [0.4, 0.5) is 0 Å². The Morgan fingerprint density at radius 1 is 0.800 bits per heavy atom. The average molecular weight is 348 g/mol. The maximum absolute atomic E-state index is 11.7. The highest BCUT2D eigenvalue weighted by molar-refractivity contribution is 6.35. The highest BCUT2D eigenvalue weighted by Gasteiger charge is 2.12. The van der Waals surface area contributed by atoms with Crippen LogP contribution >= 0.6 is 0 Å². The summed E-state index contributed by atoms with van der Waals surface area (Å²) in [5.41, 5.74) is 0. The van der Waals surface area contributed by atoms with Crippen molar-refractivity contribution >= 4 is 11.8 Å². The van der Waals surface area contributed by atoms with E-state index in [0.29, 0.717) is 12.4 Å². The topological polar surface area (TPSA) is 84.0 Å². The summed E-state index contributed by atoms with van der Waals surface area (Å²) in [6, 6.07) is 1.70. The molecule has 0 atom stereocenters. The van der Waals surface area contributed by atoms with Gasteiger partial charge in [-0.15, -0.1) is 0 Å². The minimum atomic E-state index is -0.639. The highest BCUT2D eigenvalue weighted by atomic mass is 16.2. The number of amides is 2. The van der Waals surface area contributed by atoms with E-state index in [9.17, 15) is 9.59 Å². The van der Waals surface area contributed by atoms with E-state index in [-0.39, 0.29) is 6.54 Å². The zero-order chi connectivity index (χ0) is 18.2. The molecule has 0 saturated carbocycles. The number of aromatic nitrogens is 2. The van der Waals surface area contributed by atoms with Gasteiger partial charge in [-0.05, 0) is 12.5 Å². The first-order chi connectivity index (χ1) is 12.2. The maximum Gasteiger partial charge on any atom is 0.309 e. The van der Waals surface area contributed by atoms with E-state index in [4.69, 9.17) is 0 Å². The monoisotopic (exact) mass is 348 g/mol. The minimum absolute atomic E-state index is 0.158. The van der Waals surface area contributed by atoms with Gasteiger partial charge in [0.1, 0.15) is 5.82 Å². The SMILES string of the molecule is CCCCCCCCCCCCNC(=O)C(=O)NCc1ncccn1. The van der Waals surface area contributed by atoms with E-state index in [1.807, 2.05) is 0 Å². The third-order valence-corrected chi connectivity index (χ3v) is 4.05. The Balaban J connectivity index is 1.93. The second-order valence-electron chi connectivity index (χ2n) is 6.29. The molecular formula is C19H32N4O2. The Bertz CT molecular complexity index is 480. The molecule has 0 aliphatic carbocycles. The van der Waals surface area contributed by atoms with Crippen LogP contribution in [-0.4, -0.2) is 28.3 Å². The van der Waals surface area contributed by atoms with Gasteiger partial charge in [0.15, 0.2) is 0 Å². The van der Waals surface area contributed by atoms with Crippen LogP contribution in [0.2, 0.25) is 0 Å². The first-order valence-electron chi connectivity index (χ1n) is 9.56. The number of carbonyl (C=O) groups is 2. The van der Waals surface area contributed by atoms with Crippen molar-refractivity contribution in [3.05, 3.63) is 24.3 Å². The van der Waals surface area contributed by atoms with E-state index in [1.165, 1.54) is 51.4 Å². The molecular weight excluding hydrogens is 316 g/mol. The fraction of sp³-hybridized carbons (Fsp3) is 0.684. The van der Waals surface area contributed by atoms with Crippen LogP contribution < -0.4 is 10.6 Å². The van der Waals surface area contributed by atoms with E-state index in [0.717, 1.165) is 12.8 Å². The lowest BCUT2D eigenvalue weighted by atomic mass is 10.1. The van der Waals surface area contributed by atoms with Crippen molar-refractivity contribution in [1.29, 1.82) is 0 Å². The Labute approximate surface area is 151 Å². The van der Waals surface area contributed by atoms with Crippen LogP contribution in [0.1, 0.15) is 77.0 Å². The molecule has 0 saturated heterocycles. The zero-order valence-electron chi connectivity index (χ0n) is 15.4. The Hall–Kier alpha value is -1.98. The maximum atomic E-state index is 11.7. The molecule has 0 spiro atoms. The van der Waals surface area contributed by atoms with Gasteiger partial charge in [-0.25, -0.2) is 9.97 Å². The smallest absolute Gasteiger partial charge is 0.309 e. The molecule has 0 bridgehead atoms. The molecule has 0 unspecified atom stereocenters. The predicted octanol–water partition coefficient (Wildman–Crippen LogP) is 3.13. The third kappa shape index (κ3) is 11.2. The summed E-state index contributed by atoms with van der Waals surface area (Å²) in [5.74, 6) is -0.746. The number of carbonyl (C=O) groups excluding carboxylic acids is 2. The van der Waals surface area contributed by atoms with Crippen molar-refractivity contribution in [2.75, 3.05) is 6.54 Å². The van der Waals surface area contributed by atoms with Gasteiger partial charge in [0.25, 0.3) is 0 Å². The number of nitrogens with zero attached hydrogens (tertiary/aromatic N) is 2. The van der Waals surface area contributed by atoms with E-state index >= 15 is 0 Å². The minimum Gasteiger partial charge on any atom is -0.348 e. The summed E-state index contributed by atoms with van der Waals surface area (Å²) in [4.78, 5) is 31.3.